The molecule has 1 aromatic rings. The van der Waals surface area contributed by atoms with Crippen LogP contribution in [0.25, 0.3) is 0 Å². The Morgan fingerprint density at radius 1 is 1.22 bits per heavy atom. The maximum atomic E-state index is 5.55. The van der Waals surface area contributed by atoms with Crippen LogP contribution in [-0.2, 0) is 9.47 Å². The Kier molecular flexibility index (Phi) is 8.58. The van der Waals surface area contributed by atoms with Crippen LogP contribution in [0.2, 0.25) is 0 Å². The smallest absolute Gasteiger partial charge is 0.168 e. The van der Waals surface area contributed by atoms with E-state index in [-0.39, 0.29) is 6.29 Å². The molecule has 98 valence electrons. The van der Waals surface area contributed by atoms with Gasteiger partial charge in [-0.15, -0.1) is 0 Å². The van der Waals surface area contributed by atoms with E-state index in [2.05, 4.69) is 34.7 Å². The molecule has 0 fully saturated rings. The molecule has 0 aliphatic rings. The predicted octanol–water partition coefficient (Wildman–Crippen LogP) is 3.59. The second-order valence-corrected chi connectivity index (χ2v) is 4.43. The lowest BCUT2D eigenvalue weighted by Crippen LogP contribution is -2.19. The van der Waals surface area contributed by atoms with Crippen LogP contribution in [0.15, 0.2) is 30.3 Å². The molecule has 0 aliphatic heterocycles. The van der Waals surface area contributed by atoms with Crippen molar-refractivity contribution in [3.05, 3.63) is 35.9 Å². The van der Waals surface area contributed by atoms with Crippen LogP contribution in [0.3, 0.4) is 0 Å². The van der Waals surface area contributed by atoms with Crippen LogP contribution in [0, 0.1) is 11.8 Å². The number of hydrogen-bond acceptors (Lipinski definition) is 2. The van der Waals surface area contributed by atoms with E-state index in [1.165, 1.54) is 0 Å². The molecule has 0 bridgehead atoms. The molecule has 3 heteroatoms. The summed E-state index contributed by atoms with van der Waals surface area (Å²) in [5.74, 6) is 6.03. The van der Waals surface area contributed by atoms with Gasteiger partial charge in [0.05, 0.1) is 5.33 Å². The monoisotopic (exact) mass is 310 g/mol. The zero-order valence-corrected chi connectivity index (χ0v) is 12.3. The van der Waals surface area contributed by atoms with Crippen LogP contribution in [0.5, 0.6) is 0 Å². The molecule has 1 unspecified atom stereocenters. The number of alkyl halides is 1. The lowest BCUT2D eigenvalue weighted by molar-refractivity contribution is -0.117. The summed E-state index contributed by atoms with van der Waals surface area (Å²) in [5.41, 5.74) is 1.00. The summed E-state index contributed by atoms with van der Waals surface area (Å²) < 4.78 is 11.1. The van der Waals surface area contributed by atoms with Gasteiger partial charge in [0.2, 0.25) is 0 Å². The van der Waals surface area contributed by atoms with Gasteiger partial charge < -0.3 is 9.47 Å². The summed E-state index contributed by atoms with van der Waals surface area (Å²) in [7, 11) is 0. The molecule has 1 atom stereocenters. The van der Waals surface area contributed by atoms with E-state index < -0.39 is 0 Å². The lowest BCUT2D eigenvalue weighted by atomic mass is 10.2. The molecule has 0 N–H and O–H groups in total. The molecule has 0 aromatic heterocycles. The van der Waals surface area contributed by atoms with Crippen molar-refractivity contribution in [1.82, 2.24) is 0 Å². The Balaban J connectivity index is 2.25. The maximum Gasteiger partial charge on any atom is 0.168 e. The summed E-state index contributed by atoms with van der Waals surface area (Å²) in [4.78, 5) is 0. The van der Waals surface area contributed by atoms with Crippen molar-refractivity contribution < 1.29 is 9.47 Å². The molecule has 2 nitrogen and oxygen atoms in total. The van der Waals surface area contributed by atoms with E-state index in [0.717, 1.165) is 25.0 Å². The molecular weight excluding hydrogens is 292 g/mol. The van der Waals surface area contributed by atoms with Gasteiger partial charge in [0, 0.05) is 12.2 Å². The summed E-state index contributed by atoms with van der Waals surface area (Å²) in [5, 5.41) is 0.670. The van der Waals surface area contributed by atoms with E-state index in [1.54, 1.807) is 0 Å². The van der Waals surface area contributed by atoms with E-state index in [4.69, 9.17) is 9.47 Å². The predicted molar refractivity (Wildman–Crippen MR) is 77.7 cm³/mol. The Bertz CT molecular complexity index is 367. The van der Waals surface area contributed by atoms with E-state index in [9.17, 15) is 0 Å². The van der Waals surface area contributed by atoms with Crippen molar-refractivity contribution in [3.63, 3.8) is 0 Å². The molecule has 1 rings (SSSR count). The second-order valence-electron chi connectivity index (χ2n) is 3.79. The van der Waals surface area contributed by atoms with Gasteiger partial charge in [-0.25, -0.2) is 0 Å². The molecule has 18 heavy (non-hydrogen) atoms. The Labute approximate surface area is 118 Å². The van der Waals surface area contributed by atoms with Gasteiger partial charge in [0.25, 0.3) is 0 Å². The molecule has 0 radical (unpaired) electrons. The van der Waals surface area contributed by atoms with E-state index in [0.29, 0.717) is 11.9 Å². The van der Waals surface area contributed by atoms with Crippen LogP contribution >= 0.6 is 15.9 Å². The zero-order valence-electron chi connectivity index (χ0n) is 10.7. The standard InChI is InChI=1S/C15H19BrO2/c1-2-3-11-17-15(13-16)18-12-7-10-14-8-5-4-6-9-14/h4-6,8-9,15H,2-3,11-13H2,1H3. The number of rotatable bonds is 7. The molecule has 0 heterocycles. The quantitative estimate of drug-likeness (QED) is 0.332. The van der Waals surface area contributed by atoms with Gasteiger partial charge in [-0.05, 0) is 18.6 Å². The zero-order chi connectivity index (χ0) is 13.1. The molecule has 1 aromatic carbocycles. The van der Waals surface area contributed by atoms with Crippen molar-refractivity contribution in [2.45, 2.75) is 26.1 Å². The van der Waals surface area contributed by atoms with Gasteiger partial charge in [0.1, 0.15) is 6.61 Å². The number of halogens is 1. The van der Waals surface area contributed by atoms with Crippen molar-refractivity contribution >= 4 is 15.9 Å². The van der Waals surface area contributed by atoms with E-state index >= 15 is 0 Å². The number of benzene rings is 1. The van der Waals surface area contributed by atoms with Crippen molar-refractivity contribution in [1.29, 1.82) is 0 Å². The minimum atomic E-state index is -0.207. The highest BCUT2D eigenvalue weighted by Crippen LogP contribution is 2.01. The van der Waals surface area contributed by atoms with Crippen molar-refractivity contribution in [3.8, 4) is 11.8 Å². The first kappa shape index (κ1) is 15.2. The number of unbranched alkanes of at least 4 members (excludes halogenated alkanes) is 1. The fourth-order valence-corrected chi connectivity index (χ4v) is 1.66. The van der Waals surface area contributed by atoms with Gasteiger partial charge in [0.15, 0.2) is 6.29 Å². The fourth-order valence-electron chi connectivity index (χ4n) is 1.29. The summed E-state index contributed by atoms with van der Waals surface area (Å²) in [6.07, 6.45) is 1.98. The topological polar surface area (TPSA) is 18.5 Å². The van der Waals surface area contributed by atoms with Gasteiger partial charge in [-0.1, -0.05) is 59.3 Å². The Hall–Kier alpha value is -0.820. The third-order valence-electron chi connectivity index (χ3n) is 2.28. The third-order valence-corrected chi connectivity index (χ3v) is 2.80. The lowest BCUT2D eigenvalue weighted by Gasteiger charge is -2.14. The molecular formula is C15H19BrO2. The highest BCUT2D eigenvalue weighted by molar-refractivity contribution is 9.09. The van der Waals surface area contributed by atoms with Crippen molar-refractivity contribution in [2.75, 3.05) is 18.5 Å². The molecule has 0 amide bonds. The highest BCUT2D eigenvalue weighted by Gasteiger charge is 2.05. The minimum Gasteiger partial charge on any atom is -0.352 e. The highest BCUT2D eigenvalue weighted by atomic mass is 79.9. The Morgan fingerprint density at radius 2 is 2.00 bits per heavy atom. The Morgan fingerprint density at radius 3 is 2.67 bits per heavy atom. The van der Waals surface area contributed by atoms with Gasteiger partial charge in [-0.3, -0.25) is 0 Å². The first-order chi connectivity index (χ1) is 8.86. The second kappa shape index (κ2) is 10.1. The molecule has 0 saturated heterocycles. The largest absolute Gasteiger partial charge is 0.352 e. The minimum absolute atomic E-state index is 0.207. The first-order valence-electron chi connectivity index (χ1n) is 6.20. The normalized spacial score (nSPS) is 11.7. The number of ether oxygens (including phenoxy) is 2. The van der Waals surface area contributed by atoms with Crippen LogP contribution < -0.4 is 0 Å². The molecule has 0 saturated carbocycles. The van der Waals surface area contributed by atoms with Gasteiger partial charge in [-0.2, -0.15) is 0 Å². The van der Waals surface area contributed by atoms with E-state index in [1.807, 2.05) is 30.3 Å². The fraction of sp³-hybridized carbons (Fsp3) is 0.467. The van der Waals surface area contributed by atoms with Crippen molar-refractivity contribution in [2.24, 2.45) is 0 Å². The summed E-state index contributed by atoms with van der Waals surface area (Å²) in [6.45, 7) is 3.26. The van der Waals surface area contributed by atoms with Crippen LogP contribution in [0.4, 0.5) is 0 Å². The summed E-state index contributed by atoms with van der Waals surface area (Å²) in [6, 6.07) is 9.88. The van der Waals surface area contributed by atoms with Gasteiger partial charge >= 0.3 is 0 Å². The average Bonchev–Trinajstić information content (AvgIpc) is 2.43. The first-order valence-corrected chi connectivity index (χ1v) is 7.32. The SMILES string of the molecule is CCCCOC(CBr)OCC#Cc1ccccc1. The third kappa shape index (κ3) is 6.80. The molecule has 0 aliphatic carbocycles. The average molecular weight is 311 g/mol. The molecule has 0 spiro atoms. The summed E-state index contributed by atoms with van der Waals surface area (Å²) >= 11 is 3.37. The number of hydrogen-bond donors (Lipinski definition) is 0. The maximum absolute atomic E-state index is 5.55. The van der Waals surface area contributed by atoms with Crippen LogP contribution in [0.1, 0.15) is 25.3 Å². The van der Waals surface area contributed by atoms with Crippen LogP contribution in [-0.4, -0.2) is 24.8 Å².